The Labute approximate surface area is 83.4 Å². The summed E-state index contributed by atoms with van der Waals surface area (Å²) in [6, 6.07) is 5.80. The Morgan fingerprint density at radius 1 is 1.00 bits per heavy atom. The van der Waals surface area contributed by atoms with Crippen molar-refractivity contribution in [1.82, 2.24) is 0 Å². The second-order valence-electron chi connectivity index (χ2n) is 3.83. The molecule has 0 aliphatic rings. The van der Waals surface area contributed by atoms with Gasteiger partial charge in [-0.2, -0.15) is 13.2 Å². The Morgan fingerprint density at radius 2 is 1.50 bits per heavy atom. The molecule has 0 saturated heterocycles. The Balaban J connectivity index is 3.31. The normalized spacial score (nSPS) is 14.1. The highest BCUT2D eigenvalue weighted by molar-refractivity contribution is 8.32. The van der Waals surface area contributed by atoms with Gasteiger partial charge in [0.25, 0.3) is 0 Å². The van der Waals surface area contributed by atoms with Gasteiger partial charge in [-0.25, -0.2) is 10.0 Å². The Morgan fingerprint density at radius 3 is 1.86 bits per heavy atom. The van der Waals surface area contributed by atoms with Gasteiger partial charge in [0.1, 0.15) is 0 Å². The fourth-order valence-electron chi connectivity index (χ4n) is 1.23. The number of alkyl halides is 3. The van der Waals surface area contributed by atoms with E-state index in [-0.39, 0.29) is 0 Å². The quantitative estimate of drug-likeness (QED) is 0.678. The Kier molecular flexibility index (Phi) is 2.86. The number of halogens is 3. The molecule has 4 heteroatoms. The van der Waals surface area contributed by atoms with Crippen LogP contribution in [0.1, 0.15) is 5.56 Å². The molecule has 0 fully saturated rings. The SMILES string of the molecule is CS(C)(C)c1ccccc1C(F)(F)F. The van der Waals surface area contributed by atoms with E-state index in [9.17, 15) is 13.2 Å². The van der Waals surface area contributed by atoms with Crippen LogP contribution < -0.4 is 0 Å². The first-order valence-electron chi connectivity index (χ1n) is 4.07. The first kappa shape index (κ1) is 11.4. The number of hydrogen-bond acceptors (Lipinski definition) is 0. The first-order chi connectivity index (χ1) is 6.23. The summed E-state index contributed by atoms with van der Waals surface area (Å²) in [5.74, 6) is 0. The summed E-state index contributed by atoms with van der Waals surface area (Å²) in [4.78, 5) is 0.424. The van der Waals surface area contributed by atoms with E-state index in [1.54, 1.807) is 12.1 Å². The third kappa shape index (κ3) is 2.44. The molecule has 0 N–H and O–H groups in total. The van der Waals surface area contributed by atoms with E-state index in [1.807, 2.05) is 18.8 Å². The summed E-state index contributed by atoms with van der Waals surface area (Å²) in [5, 5.41) is 0. The van der Waals surface area contributed by atoms with Crippen molar-refractivity contribution in [2.75, 3.05) is 18.8 Å². The molecule has 0 heterocycles. The summed E-state index contributed by atoms with van der Waals surface area (Å²) >= 11 is 0. The monoisotopic (exact) mass is 222 g/mol. The van der Waals surface area contributed by atoms with E-state index in [2.05, 4.69) is 0 Å². The maximum Gasteiger partial charge on any atom is 0.417 e. The van der Waals surface area contributed by atoms with E-state index in [4.69, 9.17) is 0 Å². The highest BCUT2D eigenvalue weighted by atomic mass is 32.3. The zero-order chi connectivity index (χ0) is 11.0. The molecule has 0 atom stereocenters. The maximum absolute atomic E-state index is 12.6. The second-order valence-corrected chi connectivity index (χ2v) is 7.95. The van der Waals surface area contributed by atoms with E-state index in [0.29, 0.717) is 4.90 Å². The second kappa shape index (κ2) is 3.50. The van der Waals surface area contributed by atoms with Crippen molar-refractivity contribution >= 4 is 10.0 Å². The summed E-state index contributed by atoms with van der Waals surface area (Å²) in [6.07, 6.45) is 1.34. The van der Waals surface area contributed by atoms with Gasteiger partial charge in [0.2, 0.25) is 0 Å². The van der Waals surface area contributed by atoms with Gasteiger partial charge in [-0.3, -0.25) is 0 Å². The summed E-state index contributed by atoms with van der Waals surface area (Å²) in [5.41, 5.74) is -0.498. The van der Waals surface area contributed by atoms with Crippen LogP contribution >= 0.6 is 10.0 Å². The van der Waals surface area contributed by atoms with Crippen LogP contribution in [0.25, 0.3) is 0 Å². The molecule has 0 spiro atoms. The average molecular weight is 222 g/mol. The van der Waals surface area contributed by atoms with Crippen molar-refractivity contribution in [3.05, 3.63) is 29.8 Å². The standard InChI is InChI=1S/C10H13F3S/c1-14(2,3)9-7-5-4-6-8(9)10(11,12)13/h4-7H,1-3H3. The van der Waals surface area contributed by atoms with E-state index in [1.165, 1.54) is 6.07 Å². The predicted molar refractivity (Wildman–Crippen MR) is 55.1 cm³/mol. The van der Waals surface area contributed by atoms with Gasteiger partial charge >= 0.3 is 6.18 Å². The third-order valence-corrected chi connectivity index (χ3v) is 3.53. The lowest BCUT2D eigenvalue weighted by atomic mass is 10.2. The molecule has 1 aromatic carbocycles. The van der Waals surface area contributed by atoms with Crippen LogP contribution in [-0.4, -0.2) is 18.8 Å². The Bertz CT molecular complexity index is 290. The molecule has 80 valence electrons. The lowest BCUT2D eigenvalue weighted by Gasteiger charge is -2.29. The van der Waals surface area contributed by atoms with Crippen molar-refractivity contribution in [1.29, 1.82) is 0 Å². The topological polar surface area (TPSA) is 0 Å². The van der Waals surface area contributed by atoms with Crippen LogP contribution in [0.2, 0.25) is 0 Å². The lowest BCUT2D eigenvalue weighted by molar-refractivity contribution is -0.139. The highest BCUT2D eigenvalue weighted by Gasteiger charge is 2.34. The molecule has 0 aromatic heterocycles. The molecule has 0 radical (unpaired) electrons. The zero-order valence-corrected chi connectivity index (χ0v) is 9.17. The van der Waals surface area contributed by atoms with Crippen LogP contribution in [0.5, 0.6) is 0 Å². The summed E-state index contributed by atoms with van der Waals surface area (Å²) < 4.78 is 37.8. The van der Waals surface area contributed by atoms with Crippen molar-refractivity contribution < 1.29 is 13.2 Å². The van der Waals surface area contributed by atoms with Gasteiger partial charge in [0.05, 0.1) is 5.56 Å². The summed E-state index contributed by atoms with van der Waals surface area (Å²) in [6.45, 7) is 0. The van der Waals surface area contributed by atoms with Gasteiger partial charge < -0.3 is 0 Å². The molecule has 0 nitrogen and oxygen atoms in total. The lowest BCUT2D eigenvalue weighted by Crippen LogP contribution is -2.10. The smallest absolute Gasteiger partial charge is 0.223 e. The van der Waals surface area contributed by atoms with Gasteiger partial charge in [-0.15, -0.1) is 0 Å². The van der Waals surface area contributed by atoms with E-state index >= 15 is 0 Å². The molecule has 1 rings (SSSR count). The minimum absolute atomic E-state index is 0.424. The highest BCUT2D eigenvalue weighted by Crippen LogP contribution is 2.50. The predicted octanol–water partition coefficient (Wildman–Crippen LogP) is 3.76. The molecule has 14 heavy (non-hydrogen) atoms. The Hall–Kier alpha value is -0.640. The fourth-order valence-corrected chi connectivity index (χ4v) is 2.57. The van der Waals surface area contributed by atoms with Crippen LogP contribution in [-0.2, 0) is 6.18 Å². The van der Waals surface area contributed by atoms with Gasteiger partial charge in [0.15, 0.2) is 0 Å². The molecular weight excluding hydrogens is 209 g/mol. The zero-order valence-electron chi connectivity index (χ0n) is 8.35. The largest absolute Gasteiger partial charge is 0.417 e. The van der Waals surface area contributed by atoms with Gasteiger partial charge in [-0.1, -0.05) is 12.1 Å². The molecule has 1 aromatic rings. The van der Waals surface area contributed by atoms with E-state index in [0.717, 1.165) is 6.07 Å². The van der Waals surface area contributed by atoms with Crippen molar-refractivity contribution in [3.8, 4) is 0 Å². The summed E-state index contributed by atoms with van der Waals surface area (Å²) in [7, 11) is -1.34. The molecule has 0 aliphatic heterocycles. The number of hydrogen-bond donors (Lipinski definition) is 0. The first-order valence-corrected chi connectivity index (χ1v) is 6.93. The molecule has 0 saturated carbocycles. The van der Waals surface area contributed by atoms with Crippen LogP contribution in [0.3, 0.4) is 0 Å². The maximum atomic E-state index is 12.6. The molecule has 0 unspecified atom stereocenters. The third-order valence-electron chi connectivity index (χ3n) is 1.85. The van der Waals surface area contributed by atoms with Gasteiger partial charge in [0, 0.05) is 4.90 Å². The van der Waals surface area contributed by atoms with Crippen molar-refractivity contribution in [3.63, 3.8) is 0 Å². The average Bonchev–Trinajstić information content (AvgIpc) is 2.01. The molecular formula is C10H13F3S. The number of rotatable bonds is 1. The van der Waals surface area contributed by atoms with Crippen LogP contribution in [0.4, 0.5) is 13.2 Å². The minimum atomic E-state index is -4.24. The number of benzene rings is 1. The van der Waals surface area contributed by atoms with Crippen molar-refractivity contribution in [2.45, 2.75) is 11.1 Å². The van der Waals surface area contributed by atoms with E-state index < -0.39 is 21.8 Å². The minimum Gasteiger partial charge on any atom is -0.223 e. The van der Waals surface area contributed by atoms with Crippen LogP contribution in [0.15, 0.2) is 29.2 Å². The van der Waals surface area contributed by atoms with Gasteiger partial charge in [-0.05, 0) is 30.9 Å². The molecule has 0 amide bonds. The molecule has 0 bridgehead atoms. The molecule has 0 aliphatic carbocycles. The van der Waals surface area contributed by atoms with Crippen LogP contribution in [0, 0.1) is 0 Å². The van der Waals surface area contributed by atoms with Crippen molar-refractivity contribution in [2.24, 2.45) is 0 Å². The fraction of sp³-hybridized carbons (Fsp3) is 0.400.